The third kappa shape index (κ3) is 2.58. The van der Waals surface area contributed by atoms with Crippen molar-refractivity contribution in [3.8, 4) is 0 Å². The van der Waals surface area contributed by atoms with Gasteiger partial charge in [0.05, 0.1) is 11.9 Å². The number of aromatic nitrogens is 2. The Hall–Kier alpha value is -1.73. The number of nitrogens with zero attached hydrogens (tertiary/aromatic N) is 4. The van der Waals surface area contributed by atoms with Crippen LogP contribution in [-0.4, -0.2) is 58.6 Å². The molecule has 1 fully saturated rings. The highest BCUT2D eigenvalue weighted by atomic mass is 32.1. The molecule has 2 N–H and O–H groups in total. The van der Waals surface area contributed by atoms with E-state index >= 15 is 0 Å². The Balaban J connectivity index is 1.94. The summed E-state index contributed by atoms with van der Waals surface area (Å²) in [5.74, 6) is 0.0123. The lowest BCUT2D eigenvalue weighted by Gasteiger charge is -2.27. The first-order valence-corrected chi connectivity index (χ1v) is 7.88. The van der Waals surface area contributed by atoms with Gasteiger partial charge in [0.15, 0.2) is 0 Å². The summed E-state index contributed by atoms with van der Waals surface area (Å²) in [4.78, 5) is 18.3. The van der Waals surface area contributed by atoms with Crippen LogP contribution in [0.5, 0.6) is 0 Å². The van der Waals surface area contributed by atoms with Gasteiger partial charge < -0.3 is 15.5 Å². The maximum atomic E-state index is 12.8. The lowest BCUT2D eigenvalue weighted by atomic mass is 10.2. The second-order valence-electron chi connectivity index (χ2n) is 5.56. The number of fused-ring (bicyclic) bond motifs is 1. The Bertz CT molecular complexity index is 670. The van der Waals surface area contributed by atoms with Crippen LogP contribution in [0.25, 0.3) is 10.2 Å². The second kappa shape index (κ2) is 5.57. The molecule has 0 aliphatic carbocycles. The largest absolute Gasteiger partial charge is 0.397 e. The molecule has 0 bridgehead atoms. The summed E-state index contributed by atoms with van der Waals surface area (Å²) >= 11 is 1.33. The van der Waals surface area contributed by atoms with Crippen LogP contribution in [0.1, 0.15) is 23.0 Å². The molecule has 0 aromatic carbocycles. The van der Waals surface area contributed by atoms with Gasteiger partial charge in [0.25, 0.3) is 5.91 Å². The van der Waals surface area contributed by atoms with Gasteiger partial charge in [-0.25, -0.2) is 0 Å². The SMILES string of the molecule is CC1CN(C)CCCN1C(=O)c1sc2nnccc2c1N. The quantitative estimate of drug-likeness (QED) is 0.863. The molecule has 1 aliphatic rings. The maximum Gasteiger partial charge on any atom is 0.266 e. The van der Waals surface area contributed by atoms with Crippen LogP contribution in [0, 0.1) is 0 Å². The molecular weight excluding hydrogens is 286 g/mol. The molecule has 21 heavy (non-hydrogen) atoms. The molecule has 1 saturated heterocycles. The number of likely N-dealkylation sites (N-methyl/N-ethyl adjacent to an activating group) is 1. The first-order valence-electron chi connectivity index (χ1n) is 7.07. The van der Waals surface area contributed by atoms with Gasteiger partial charge in [-0.2, -0.15) is 5.10 Å². The van der Waals surface area contributed by atoms with Gasteiger partial charge >= 0.3 is 0 Å². The average Bonchev–Trinajstić information content (AvgIpc) is 2.70. The van der Waals surface area contributed by atoms with Crippen LogP contribution < -0.4 is 5.73 Å². The molecule has 112 valence electrons. The van der Waals surface area contributed by atoms with E-state index in [0.717, 1.165) is 36.3 Å². The van der Waals surface area contributed by atoms with E-state index in [2.05, 4.69) is 29.1 Å². The van der Waals surface area contributed by atoms with E-state index in [1.165, 1.54) is 11.3 Å². The van der Waals surface area contributed by atoms with E-state index in [9.17, 15) is 4.79 Å². The molecule has 3 heterocycles. The second-order valence-corrected chi connectivity index (χ2v) is 6.56. The summed E-state index contributed by atoms with van der Waals surface area (Å²) < 4.78 is 0. The Kier molecular flexibility index (Phi) is 3.77. The molecular formula is C14H19N5OS. The van der Waals surface area contributed by atoms with Crippen molar-refractivity contribution in [2.75, 3.05) is 32.4 Å². The fraction of sp³-hybridized carbons (Fsp3) is 0.500. The minimum Gasteiger partial charge on any atom is -0.397 e. The number of hydrogen-bond donors (Lipinski definition) is 1. The van der Waals surface area contributed by atoms with Gasteiger partial charge in [-0.3, -0.25) is 4.79 Å². The van der Waals surface area contributed by atoms with Crippen molar-refractivity contribution in [3.63, 3.8) is 0 Å². The van der Waals surface area contributed by atoms with Crippen LogP contribution in [0.3, 0.4) is 0 Å². The van der Waals surface area contributed by atoms with E-state index in [4.69, 9.17) is 5.73 Å². The van der Waals surface area contributed by atoms with Gasteiger partial charge in [0, 0.05) is 24.5 Å². The molecule has 7 heteroatoms. The summed E-state index contributed by atoms with van der Waals surface area (Å²) in [6.45, 7) is 4.75. The predicted molar refractivity (Wildman–Crippen MR) is 84.4 cm³/mol. The number of anilines is 1. The highest BCUT2D eigenvalue weighted by molar-refractivity contribution is 7.21. The number of carbonyl (C=O) groups excluding carboxylic acids is 1. The molecule has 2 aromatic heterocycles. The number of hydrogen-bond acceptors (Lipinski definition) is 6. The van der Waals surface area contributed by atoms with Crippen LogP contribution in [0.4, 0.5) is 5.69 Å². The van der Waals surface area contributed by atoms with Gasteiger partial charge in [-0.05, 0) is 33.0 Å². The summed E-state index contributed by atoms with van der Waals surface area (Å²) in [5, 5.41) is 8.72. The Morgan fingerprint density at radius 1 is 1.48 bits per heavy atom. The molecule has 6 nitrogen and oxygen atoms in total. The molecule has 0 radical (unpaired) electrons. The zero-order chi connectivity index (χ0) is 15.0. The van der Waals surface area contributed by atoms with Crippen molar-refractivity contribution < 1.29 is 4.79 Å². The van der Waals surface area contributed by atoms with Crippen LogP contribution in [0.2, 0.25) is 0 Å². The van der Waals surface area contributed by atoms with Gasteiger partial charge in [0.1, 0.15) is 9.71 Å². The van der Waals surface area contributed by atoms with Crippen molar-refractivity contribution in [1.29, 1.82) is 0 Å². The number of nitrogens with two attached hydrogens (primary N) is 1. The van der Waals surface area contributed by atoms with Crippen molar-refractivity contribution in [1.82, 2.24) is 20.0 Å². The first-order chi connectivity index (χ1) is 10.1. The predicted octanol–water partition coefficient (Wildman–Crippen LogP) is 1.44. The summed E-state index contributed by atoms with van der Waals surface area (Å²) in [7, 11) is 2.09. The molecule has 1 amide bonds. The third-order valence-corrected chi connectivity index (χ3v) is 5.02. The van der Waals surface area contributed by atoms with E-state index in [-0.39, 0.29) is 11.9 Å². The van der Waals surface area contributed by atoms with Crippen molar-refractivity contribution in [2.24, 2.45) is 0 Å². The average molecular weight is 305 g/mol. The van der Waals surface area contributed by atoms with Crippen LogP contribution in [-0.2, 0) is 0 Å². The highest BCUT2D eigenvalue weighted by Crippen LogP contribution is 2.33. The minimum absolute atomic E-state index is 0.0123. The molecule has 0 spiro atoms. The Morgan fingerprint density at radius 3 is 3.05 bits per heavy atom. The van der Waals surface area contributed by atoms with E-state index in [1.54, 1.807) is 6.20 Å². The number of carbonyl (C=O) groups is 1. The summed E-state index contributed by atoms with van der Waals surface area (Å²) in [6.07, 6.45) is 2.58. The molecule has 3 rings (SSSR count). The first kappa shape index (κ1) is 14.2. The fourth-order valence-corrected chi connectivity index (χ4v) is 3.83. The zero-order valence-electron chi connectivity index (χ0n) is 12.2. The topological polar surface area (TPSA) is 75.3 Å². The van der Waals surface area contributed by atoms with Crippen LogP contribution >= 0.6 is 11.3 Å². The monoisotopic (exact) mass is 305 g/mol. The number of rotatable bonds is 1. The van der Waals surface area contributed by atoms with Gasteiger partial charge in [0.2, 0.25) is 0 Å². The van der Waals surface area contributed by atoms with Crippen molar-refractivity contribution in [2.45, 2.75) is 19.4 Å². The number of nitrogen functional groups attached to an aromatic ring is 1. The smallest absolute Gasteiger partial charge is 0.266 e. The third-order valence-electron chi connectivity index (χ3n) is 3.92. The lowest BCUT2D eigenvalue weighted by molar-refractivity contribution is 0.0702. The molecule has 1 unspecified atom stereocenters. The van der Waals surface area contributed by atoms with Crippen molar-refractivity contribution in [3.05, 3.63) is 17.1 Å². The fourth-order valence-electron chi connectivity index (χ4n) is 2.84. The molecule has 0 saturated carbocycles. The lowest BCUT2D eigenvalue weighted by Crippen LogP contribution is -2.41. The standard InChI is InChI=1S/C14H19N5OS/c1-9-8-18(2)6-3-7-19(9)14(20)12-11(15)10-4-5-16-17-13(10)21-12/h4-5,9H,3,6-8,15H2,1-2H3. The Labute approximate surface area is 127 Å². The van der Waals surface area contributed by atoms with Crippen molar-refractivity contribution >= 4 is 33.1 Å². The highest BCUT2D eigenvalue weighted by Gasteiger charge is 2.28. The van der Waals surface area contributed by atoms with E-state index in [0.29, 0.717) is 10.6 Å². The molecule has 2 aromatic rings. The maximum absolute atomic E-state index is 12.8. The minimum atomic E-state index is 0.0123. The zero-order valence-corrected chi connectivity index (χ0v) is 13.1. The van der Waals surface area contributed by atoms with Crippen LogP contribution in [0.15, 0.2) is 12.3 Å². The van der Waals surface area contributed by atoms with Gasteiger partial charge in [-0.1, -0.05) is 0 Å². The van der Waals surface area contributed by atoms with Gasteiger partial charge in [-0.15, -0.1) is 16.4 Å². The summed E-state index contributed by atoms with van der Waals surface area (Å²) in [5.41, 5.74) is 6.67. The molecule has 1 atom stereocenters. The number of thiophene rings is 1. The van der Waals surface area contributed by atoms with E-state index in [1.807, 2.05) is 11.0 Å². The molecule has 1 aliphatic heterocycles. The normalized spacial score (nSPS) is 20.7. The van der Waals surface area contributed by atoms with E-state index < -0.39 is 0 Å². The number of amides is 1. The summed E-state index contributed by atoms with van der Waals surface area (Å²) in [6, 6.07) is 1.99. The Morgan fingerprint density at radius 2 is 2.29 bits per heavy atom.